The normalized spacial score (nSPS) is 11.0. The van der Waals surface area contributed by atoms with Crippen molar-refractivity contribution in [3.63, 3.8) is 0 Å². The van der Waals surface area contributed by atoms with Gasteiger partial charge in [-0.3, -0.25) is 9.59 Å². The molecule has 204 valence electrons. The number of rotatable bonds is 15. The average Bonchev–Trinajstić information content (AvgIpc) is 3.34. The fourth-order valence-electron chi connectivity index (χ4n) is 4.38. The summed E-state index contributed by atoms with van der Waals surface area (Å²) in [7, 11) is 3.31. The topological polar surface area (TPSA) is 64.0 Å². The van der Waals surface area contributed by atoms with Crippen molar-refractivity contribution in [2.45, 2.75) is 46.3 Å². The molecule has 0 aliphatic carbocycles. The molecule has 38 heavy (non-hydrogen) atoms. The van der Waals surface area contributed by atoms with Crippen LogP contribution in [0.4, 0.5) is 0 Å². The van der Waals surface area contributed by atoms with Gasteiger partial charge in [0.2, 0.25) is 11.8 Å². The highest BCUT2D eigenvalue weighted by molar-refractivity contribution is 5.85. The molecular weight excluding hydrogens is 478 g/mol. The molecule has 0 bridgehead atoms. The van der Waals surface area contributed by atoms with E-state index in [9.17, 15) is 9.59 Å². The van der Waals surface area contributed by atoms with Gasteiger partial charge in [0.25, 0.3) is 0 Å². The van der Waals surface area contributed by atoms with Crippen LogP contribution in [-0.4, -0.2) is 60.1 Å². The molecule has 1 aromatic heterocycles. The van der Waals surface area contributed by atoms with E-state index in [1.54, 1.807) is 19.1 Å². The van der Waals surface area contributed by atoms with E-state index in [1.165, 1.54) is 0 Å². The molecule has 3 aromatic rings. The summed E-state index contributed by atoms with van der Waals surface area (Å²) in [5, 5.41) is 0. The molecule has 0 fully saturated rings. The molecule has 7 nitrogen and oxygen atoms in total. The lowest BCUT2D eigenvalue weighted by Gasteiger charge is -2.29. The largest absolute Gasteiger partial charge is 0.497 e. The Balaban J connectivity index is 1.80. The maximum Gasteiger partial charge on any atom is 0.242 e. The number of ether oxygens (including phenoxy) is 2. The van der Waals surface area contributed by atoms with Gasteiger partial charge in [0.1, 0.15) is 5.75 Å². The Labute approximate surface area is 227 Å². The summed E-state index contributed by atoms with van der Waals surface area (Å²) >= 11 is 0. The van der Waals surface area contributed by atoms with Gasteiger partial charge in [0.05, 0.1) is 20.2 Å². The molecule has 0 spiro atoms. The van der Waals surface area contributed by atoms with Crippen LogP contribution in [0.1, 0.15) is 43.5 Å². The monoisotopic (exact) mass is 519 g/mol. The minimum atomic E-state index is -0.0718. The van der Waals surface area contributed by atoms with Crippen molar-refractivity contribution < 1.29 is 19.1 Å². The van der Waals surface area contributed by atoms with Crippen molar-refractivity contribution in [3.05, 3.63) is 89.7 Å². The van der Waals surface area contributed by atoms with Crippen LogP contribution in [0.2, 0.25) is 0 Å². The number of nitrogens with zero attached hydrogens (tertiary/aromatic N) is 3. The molecule has 0 aliphatic heterocycles. The van der Waals surface area contributed by atoms with Crippen molar-refractivity contribution in [3.8, 4) is 5.75 Å². The fraction of sp³-hybridized carbons (Fsp3) is 0.419. The molecule has 2 aromatic carbocycles. The van der Waals surface area contributed by atoms with Crippen molar-refractivity contribution in [2.24, 2.45) is 5.92 Å². The fourth-order valence-corrected chi connectivity index (χ4v) is 4.38. The van der Waals surface area contributed by atoms with Gasteiger partial charge >= 0.3 is 0 Å². The third-order valence-corrected chi connectivity index (χ3v) is 6.37. The number of methoxy groups -OCH3 is 2. The summed E-state index contributed by atoms with van der Waals surface area (Å²) in [4.78, 5) is 30.3. The molecule has 0 aliphatic rings. The van der Waals surface area contributed by atoms with Gasteiger partial charge in [-0.15, -0.1) is 0 Å². The minimum absolute atomic E-state index is 0.00511. The van der Waals surface area contributed by atoms with E-state index in [4.69, 9.17) is 9.47 Å². The molecule has 0 radical (unpaired) electrons. The zero-order chi connectivity index (χ0) is 27.3. The maximum absolute atomic E-state index is 13.7. The van der Waals surface area contributed by atoms with Gasteiger partial charge < -0.3 is 23.8 Å². The standard InChI is InChI=1S/C31H41N3O4/c1-25(2)19-30(35)33(17-10-18-37-3)24-31(36)34(21-26-11-6-5-7-12-26)23-28-14-9-16-32(28)22-27-13-8-15-29(20-27)38-4/h5-9,11-16,20,25H,10,17-19,21-24H2,1-4H3. The van der Waals surface area contributed by atoms with Gasteiger partial charge in [-0.05, 0) is 47.7 Å². The zero-order valence-electron chi connectivity index (χ0n) is 23.1. The highest BCUT2D eigenvalue weighted by Gasteiger charge is 2.23. The molecule has 0 N–H and O–H groups in total. The third-order valence-electron chi connectivity index (χ3n) is 6.37. The van der Waals surface area contributed by atoms with Gasteiger partial charge in [-0.1, -0.05) is 56.3 Å². The Morgan fingerprint density at radius 3 is 2.34 bits per heavy atom. The summed E-state index contributed by atoms with van der Waals surface area (Å²) in [5.74, 6) is 0.975. The van der Waals surface area contributed by atoms with Crippen molar-refractivity contribution in [2.75, 3.05) is 33.9 Å². The lowest BCUT2D eigenvalue weighted by Crippen LogP contribution is -2.43. The zero-order valence-corrected chi connectivity index (χ0v) is 23.1. The molecule has 2 amide bonds. The van der Waals surface area contributed by atoms with Crippen molar-refractivity contribution >= 4 is 11.8 Å². The number of carbonyl (C=O) groups is 2. The molecule has 0 saturated carbocycles. The lowest BCUT2D eigenvalue weighted by atomic mass is 10.1. The van der Waals surface area contributed by atoms with E-state index in [0.717, 1.165) is 22.6 Å². The smallest absolute Gasteiger partial charge is 0.242 e. The van der Waals surface area contributed by atoms with Crippen LogP contribution in [0.15, 0.2) is 72.9 Å². The number of hydrogen-bond donors (Lipinski definition) is 0. The number of carbonyl (C=O) groups excluding carboxylic acids is 2. The van der Waals surface area contributed by atoms with Crippen molar-refractivity contribution in [1.29, 1.82) is 0 Å². The predicted molar refractivity (Wildman–Crippen MR) is 150 cm³/mol. The van der Waals surface area contributed by atoms with E-state index in [-0.39, 0.29) is 24.3 Å². The van der Waals surface area contributed by atoms with Crippen LogP contribution in [0.5, 0.6) is 5.75 Å². The SMILES string of the molecule is COCCCN(CC(=O)N(Cc1ccccc1)Cc1cccn1Cc1cccc(OC)c1)C(=O)CC(C)C. The molecule has 7 heteroatoms. The van der Waals surface area contributed by atoms with E-state index < -0.39 is 0 Å². The highest BCUT2D eigenvalue weighted by Crippen LogP contribution is 2.17. The summed E-state index contributed by atoms with van der Waals surface area (Å²) in [5.41, 5.74) is 3.19. The second-order valence-electron chi connectivity index (χ2n) is 9.97. The Kier molecular flexibility index (Phi) is 11.4. The van der Waals surface area contributed by atoms with Crippen LogP contribution < -0.4 is 4.74 Å². The average molecular weight is 520 g/mol. The quantitative estimate of drug-likeness (QED) is 0.266. The molecular formula is C31H41N3O4. The van der Waals surface area contributed by atoms with Crippen LogP contribution in [0.25, 0.3) is 0 Å². The minimum Gasteiger partial charge on any atom is -0.497 e. The van der Waals surface area contributed by atoms with Crippen LogP contribution >= 0.6 is 0 Å². The predicted octanol–water partition coefficient (Wildman–Crippen LogP) is 4.99. The summed E-state index contributed by atoms with van der Waals surface area (Å²) in [6, 6.07) is 22.0. The second-order valence-corrected chi connectivity index (χ2v) is 9.97. The first-order valence-corrected chi connectivity index (χ1v) is 13.2. The van der Waals surface area contributed by atoms with E-state index in [1.807, 2.05) is 85.6 Å². The lowest BCUT2D eigenvalue weighted by molar-refractivity contribution is -0.141. The molecule has 0 saturated heterocycles. The van der Waals surface area contributed by atoms with E-state index in [0.29, 0.717) is 45.6 Å². The maximum atomic E-state index is 13.7. The Morgan fingerprint density at radius 1 is 0.868 bits per heavy atom. The van der Waals surface area contributed by atoms with Crippen LogP contribution in [0, 0.1) is 5.92 Å². The van der Waals surface area contributed by atoms with Gasteiger partial charge in [0.15, 0.2) is 0 Å². The van der Waals surface area contributed by atoms with Crippen LogP contribution in [0.3, 0.4) is 0 Å². The molecule has 0 unspecified atom stereocenters. The number of hydrogen-bond acceptors (Lipinski definition) is 4. The van der Waals surface area contributed by atoms with Crippen LogP contribution in [-0.2, 0) is 34.0 Å². The Bertz CT molecular complexity index is 1140. The Morgan fingerprint density at radius 2 is 1.63 bits per heavy atom. The Hall–Kier alpha value is -3.58. The summed E-state index contributed by atoms with van der Waals surface area (Å²) in [6.45, 7) is 6.71. The van der Waals surface area contributed by atoms with Crippen molar-refractivity contribution in [1.82, 2.24) is 14.4 Å². The first kappa shape index (κ1) is 29.0. The number of amides is 2. The number of benzene rings is 2. The molecule has 3 rings (SSSR count). The molecule has 1 heterocycles. The summed E-state index contributed by atoms with van der Waals surface area (Å²) < 4.78 is 12.7. The number of aromatic nitrogens is 1. The van der Waals surface area contributed by atoms with Gasteiger partial charge in [0, 0.05) is 51.7 Å². The van der Waals surface area contributed by atoms with E-state index in [2.05, 4.69) is 10.6 Å². The second kappa shape index (κ2) is 15.0. The van der Waals surface area contributed by atoms with Gasteiger partial charge in [-0.25, -0.2) is 0 Å². The highest BCUT2D eigenvalue weighted by atomic mass is 16.5. The summed E-state index contributed by atoms with van der Waals surface area (Å²) in [6.07, 6.45) is 3.14. The van der Waals surface area contributed by atoms with E-state index >= 15 is 0 Å². The van der Waals surface area contributed by atoms with Gasteiger partial charge in [-0.2, -0.15) is 0 Å². The first-order chi connectivity index (χ1) is 18.4. The first-order valence-electron chi connectivity index (χ1n) is 13.2. The third kappa shape index (κ3) is 9.06. The molecule has 0 atom stereocenters.